The van der Waals surface area contributed by atoms with Crippen LogP contribution in [0.15, 0.2) is 0 Å². The van der Waals surface area contributed by atoms with Crippen LogP contribution in [-0.2, 0) is 14.6 Å². The van der Waals surface area contributed by atoms with Crippen molar-refractivity contribution in [3.8, 4) is 0 Å². The van der Waals surface area contributed by atoms with Gasteiger partial charge in [0.1, 0.15) is 0 Å². The molecular formula is C17H34O4. The summed E-state index contributed by atoms with van der Waals surface area (Å²) in [6, 6.07) is 0. The lowest BCUT2D eigenvalue weighted by atomic mass is 10.0. The van der Waals surface area contributed by atoms with Crippen molar-refractivity contribution in [3.05, 3.63) is 0 Å². The zero-order valence-corrected chi connectivity index (χ0v) is 13.8. The Hall–Kier alpha value is -0.610. The molecule has 0 atom stereocenters. The molecule has 0 aromatic rings. The molecule has 4 heteroatoms. The van der Waals surface area contributed by atoms with Crippen molar-refractivity contribution in [3.63, 3.8) is 0 Å². The minimum Gasteiger partial charge on any atom is -0.481 e. The first-order valence-corrected chi connectivity index (χ1v) is 8.67. The highest BCUT2D eigenvalue weighted by molar-refractivity contribution is 5.62. The van der Waals surface area contributed by atoms with Crippen molar-refractivity contribution in [2.24, 2.45) is 0 Å². The van der Waals surface area contributed by atoms with Crippen molar-refractivity contribution in [2.75, 3.05) is 13.2 Å². The van der Waals surface area contributed by atoms with E-state index < -0.39 is 5.97 Å². The number of carboxylic acids is 1. The fourth-order valence-electron chi connectivity index (χ4n) is 2.38. The largest absolute Gasteiger partial charge is 0.481 e. The summed E-state index contributed by atoms with van der Waals surface area (Å²) in [5, 5.41) is 7.42. The third-order valence-electron chi connectivity index (χ3n) is 3.54. The highest BCUT2D eigenvalue weighted by Crippen LogP contribution is 2.13. The summed E-state index contributed by atoms with van der Waals surface area (Å²) in [5.74, 6) is -0.833. The van der Waals surface area contributed by atoms with Gasteiger partial charge in [-0.25, -0.2) is 9.78 Å². The van der Waals surface area contributed by atoms with Crippen molar-refractivity contribution in [1.82, 2.24) is 0 Å². The Bertz CT molecular complexity index is 145. The number of hydrogen-bond acceptors (Lipinski definition) is 3. The SMILES string of the molecule is C1CCCCCCCOOCCCCCCC1.CC(=O)O. The van der Waals surface area contributed by atoms with Crippen LogP contribution in [0.25, 0.3) is 0 Å². The molecule has 0 radical (unpaired) electrons. The van der Waals surface area contributed by atoms with Crippen LogP contribution in [0.4, 0.5) is 0 Å². The Balaban J connectivity index is 0.000000885. The van der Waals surface area contributed by atoms with E-state index in [-0.39, 0.29) is 0 Å². The van der Waals surface area contributed by atoms with Crippen LogP contribution in [0.1, 0.15) is 90.4 Å². The predicted octanol–water partition coefficient (Wildman–Crippen LogP) is 5.11. The molecule has 1 fully saturated rings. The van der Waals surface area contributed by atoms with Crippen LogP contribution in [-0.4, -0.2) is 24.3 Å². The van der Waals surface area contributed by atoms with Gasteiger partial charge in [-0.1, -0.05) is 70.6 Å². The van der Waals surface area contributed by atoms with Gasteiger partial charge in [-0.3, -0.25) is 4.79 Å². The molecule has 1 heterocycles. The van der Waals surface area contributed by atoms with Crippen LogP contribution in [0.3, 0.4) is 0 Å². The number of carboxylic acid groups (broad SMARTS) is 1. The smallest absolute Gasteiger partial charge is 0.300 e. The summed E-state index contributed by atoms with van der Waals surface area (Å²) < 4.78 is 0. The quantitative estimate of drug-likeness (QED) is 0.632. The summed E-state index contributed by atoms with van der Waals surface area (Å²) >= 11 is 0. The zero-order valence-electron chi connectivity index (χ0n) is 13.8. The molecule has 0 unspecified atom stereocenters. The molecule has 1 aliphatic rings. The summed E-state index contributed by atoms with van der Waals surface area (Å²) in [4.78, 5) is 19.3. The maximum Gasteiger partial charge on any atom is 0.300 e. The van der Waals surface area contributed by atoms with Crippen LogP contribution < -0.4 is 0 Å². The molecule has 1 N–H and O–H groups in total. The van der Waals surface area contributed by atoms with Gasteiger partial charge < -0.3 is 5.11 Å². The molecule has 0 amide bonds. The molecule has 21 heavy (non-hydrogen) atoms. The lowest BCUT2D eigenvalue weighted by Crippen LogP contribution is -1.99. The first-order valence-electron chi connectivity index (χ1n) is 8.67. The Labute approximate surface area is 130 Å². The average molecular weight is 302 g/mol. The minimum absolute atomic E-state index is 0.778. The molecule has 1 rings (SSSR count). The van der Waals surface area contributed by atoms with Crippen LogP contribution in [0, 0.1) is 0 Å². The van der Waals surface area contributed by atoms with E-state index in [1.165, 1.54) is 70.6 Å². The third-order valence-corrected chi connectivity index (χ3v) is 3.54. The molecular weight excluding hydrogens is 268 g/mol. The fraction of sp³-hybridized carbons (Fsp3) is 0.941. The van der Waals surface area contributed by atoms with Gasteiger partial charge in [0.15, 0.2) is 0 Å². The van der Waals surface area contributed by atoms with Gasteiger partial charge >= 0.3 is 0 Å². The number of hydrogen-bond donors (Lipinski definition) is 1. The first kappa shape index (κ1) is 20.4. The molecule has 0 bridgehead atoms. The highest BCUT2D eigenvalue weighted by Gasteiger charge is 1.96. The topological polar surface area (TPSA) is 55.8 Å². The molecule has 0 saturated carbocycles. The lowest BCUT2D eigenvalue weighted by molar-refractivity contribution is -0.295. The van der Waals surface area contributed by atoms with Gasteiger partial charge in [0, 0.05) is 6.92 Å². The standard InChI is InChI=1S/C15H30O2.C2H4O2/c1-2-4-6-8-10-12-14-16-17-15-13-11-9-7-5-3-1;1-2(3)4/h1-15H2;1H3,(H,3,4). The molecule has 1 aliphatic heterocycles. The average Bonchev–Trinajstić information content (AvgIpc) is 2.43. The Morgan fingerprint density at radius 1 is 0.619 bits per heavy atom. The summed E-state index contributed by atoms with van der Waals surface area (Å²) in [7, 11) is 0. The Morgan fingerprint density at radius 2 is 0.810 bits per heavy atom. The summed E-state index contributed by atoms with van der Waals surface area (Å²) in [6.07, 6.45) is 17.6. The second-order valence-electron chi connectivity index (χ2n) is 5.76. The van der Waals surface area contributed by atoms with E-state index in [1.54, 1.807) is 0 Å². The molecule has 0 aromatic heterocycles. The maximum atomic E-state index is 9.00. The second-order valence-corrected chi connectivity index (χ2v) is 5.76. The molecule has 1 saturated heterocycles. The first-order chi connectivity index (χ1) is 10.2. The van der Waals surface area contributed by atoms with Crippen molar-refractivity contribution >= 4 is 5.97 Å². The molecule has 4 nitrogen and oxygen atoms in total. The van der Waals surface area contributed by atoms with Crippen molar-refractivity contribution in [1.29, 1.82) is 0 Å². The number of carbonyl (C=O) groups is 1. The maximum absolute atomic E-state index is 9.00. The predicted molar refractivity (Wildman–Crippen MR) is 85.2 cm³/mol. The van der Waals surface area contributed by atoms with E-state index in [1.807, 2.05) is 0 Å². The van der Waals surface area contributed by atoms with E-state index in [0.29, 0.717) is 0 Å². The van der Waals surface area contributed by atoms with E-state index in [2.05, 4.69) is 0 Å². The molecule has 126 valence electrons. The van der Waals surface area contributed by atoms with Gasteiger partial charge in [-0.2, -0.15) is 0 Å². The van der Waals surface area contributed by atoms with E-state index in [9.17, 15) is 0 Å². The number of rotatable bonds is 0. The monoisotopic (exact) mass is 302 g/mol. The van der Waals surface area contributed by atoms with Gasteiger partial charge in [-0.05, 0) is 12.8 Å². The van der Waals surface area contributed by atoms with E-state index in [4.69, 9.17) is 19.7 Å². The molecule has 0 aromatic carbocycles. The zero-order chi connectivity index (χ0) is 15.6. The van der Waals surface area contributed by atoms with E-state index >= 15 is 0 Å². The van der Waals surface area contributed by atoms with Crippen molar-refractivity contribution < 1.29 is 19.7 Å². The summed E-state index contributed by atoms with van der Waals surface area (Å²) in [6.45, 7) is 2.64. The normalized spacial score (nSPS) is 20.6. The van der Waals surface area contributed by atoms with Gasteiger partial charge in [0.05, 0.1) is 13.2 Å². The third kappa shape index (κ3) is 21.8. The Kier molecular flexibility index (Phi) is 16.9. The second kappa shape index (κ2) is 17.4. The molecule has 0 aliphatic carbocycles. The lowest BCUT2D eigenvalue weighted by Gasteiger charge is -2.04. The van der Waals surface area contributed by atoms with E-state index in [0.717, 1.165) is 33.0 Å². The highest BCUT2D eigenvalue weighted by atomic mass is 17.2. The Morgan fingerprint density at radius 3 is 1.05 bits per heavy atom. The van der Waals surface area contributed by atoms with Crippen molar-refractivity contribution in [2.45, 2.75) is 90.4 Å². The van der Waals surface area contributed by atoms with Crippen LogP contribution >= 0.6 is 0 Å². The fourth-order valence-corrected chi connectivity index (χ4v) is 2.38. The molecule has 0 spiro atoms. The summed E-state index contributed by atoms with van der Waals surface area (Å²) in [5.41, 5.74) is 0. The number of aliphatic carboxylic acids is 1. The van der Waals surface area contributed by atoms with Gasteiger partial charge in [0.25, 0.3) is 5.97 Å². The van der Waals surface area contributed by atoms with Crippen LogP contribution in [0.5, 0.6) is 0 Å². The van der Waals surface area contributed by atoms with Crippen LogP contribution in [0.2, 0.25) is 0 Å². The minimum atomic E-state index is -0.833. The van der Waals surface area contributed by atoms with Gasteiger partial charge in [-0.15, -0.1) is 0 Å². The van der Waals surface area contributed by atoms with Gasteiger partial charge in [0.2, 0.25) is 0 Å².